The van der Waals surface area contributed by atoms with Crippen molar-refractivity contribution in [3.63, 3.8) is 0 Å². The number of urea groups is 1. The van der Waals surface area contributed by atoms with Gasteiger partial charge in [-0.3, -0.25) is 0 Å². The Morgan fingerprint density at radius 1 is 1.25 bits per heavy atom. The van der Waals surface area contributed by atoms with Crippen molar-refractivity contribution in [2.75, 3.05) is 13.1 Å². The van der Waals surface area contributed by atoms with E-state index >= 15 is 0 Å². The van der Waals surface area contributed by atoms with Crippen molar-refractivity contribution in [1.82, 2.24) is 15.2 Å². The van der Waals surface area contributed by atoms with Crippen molar-refractivity contribution in [3.8, 4) is 0 Å². The molecular formula is C15H23N3OS. The Kier molecular flexibility index (Phi) is 4.55. The summed E-state index contributed by atoms with van der Waals surface area (Å²) >= 11 is 1.65. The molecule has 1 aromatic heterocycles. The smallest absolute Gasteiger partial charge is 0.317 e. The van der Waals surface area contributed by atoms with Gasteiger partial charge in [-0.2, -0.15) is 0 Å². The molecule has 0 radical (unpaired) electrons. The molecule has 5 heteroatoms. The SMILES string of the molecule is O=C(NC(c1nccs1)C1CC1)N1CCCCCCC1. The molecule has 1 unspecified atom stereocenters. The summed E-state index contributed by atoms with van der Waals surface area (Å²) in [6.07, 6.45) is 10.4. The van der Waals surface area contributed by atoms with Gasteiger partial charge in [0.2, 0.25) is 0 Å². The lowest BCUT2D eigenvalue weighted by molar-refractivity contribution is 0.186. The number of carbonyl (C=O) groups is 1. The number of rotatable bonds is 3. The van der Waals surface area contributed by atoms with Crippen LogP contribution in [0.15, 0.2) is 11.6 Å². The molecule has 0 spiro atoms. The van der Waals surface area contributed by atoms with E-state index in [1.54, 1.807) is 11.3 Å². The number of nitrogens with zero attached hydrogens (tertiary/aromatic N) is 2. The van der Waals surface area contributed by atoms with Gasteiger partial charge < -0.3 is 10.2 Å². The molecule has 20 heavy (non-hydrogen) atoms. The summed E-state index contributed by atoms with van der Waals surface area (Å²) < 4.78 is 0. The van der Waals surface area contributed by atoms with Crippen LogP contribution in [0.1, 0.15) is 56.0 Å². The lowest BCUT2D eigenvalue weighted by atomic mass is 10.1. The molecule has 2 fully saturated rings. The third-order valence-electron chi connectivity index (χ3n) is 4.23. The van der Waals surface area contributed by atoms with Crippen LogP contribution in [0, 0.1) is 5.92 Å². The molecule has 0 aromatic carbocycles. The van der Waals surface area contributed by atoms with Crippen LogP contribution in [-0.2, 0) is 0 Å². The highest BCUT2D eigenvalue weighted by atomic mass is 32.1. The summed E-state index contributed by atoms with van der Waals surface area (Å²) in [4.78, 5) is 18.9. The van der Waals surface area contributed by atoms with Crippen molar-refractivity contribution < 1.29 is 4.79 Å². The van der Waals surface area contributed by atoms with Gasteiger partial charge in [-0.1, -0.05) is 19.3 Å². The largest absolute Gasteiger partial charge is 0.328 e. The van der Waals surface area contributed by atoms with E-state index in [9.17, 15) is 4.79 Å². The molecule has 1 aliphatic carbocycles. The molecule has 2 amide bonds. The summed E-state index contributed by atoms with van der Waals surface area (Å²) in [5.74, 6) is 0.597. The van der Waals surface area contributed by atoms with Crippen LogP contribution in [-0.4, -0.2) is 29.0 Å². The van der Waals surface area contributed by atoms with Gasteiger partial charge in [0.05, 0.1) is 6.04 Å². The normalized spacial score (nSPS) is 21.9. The second-order valence-electron chi connectivity index (χ2n) is 5.89. The van der Waals surface area contributed by atoms with Crippen LogP contribution in [0.2, 0.25) is 0 Å². The Labute approximate surface area is 124 Å². The number of aromatic nitrogens is 1. The topological polar surface area (TPSA) is 45.2 Å². The molecule has 2 aliphatic rings. The maximum atomic E-state index is 12.5. The second kappa shape index (κ2) is 6.57. The quantitative estimate of drug-likeness (QED) is 0.926. The summed E-state index contributed by atoms with van der Waals surface area (Å²) in [7, 11) is 0. The minimum absolute atomic E-state index is 0.110. The lowest BCUT2D eigenvalue weighted by Crippen LogP contribution is -2.43. The average molecular weight is 293 g/mol. The van der Waals surface area contributed by atoms with Gasteiger partial charge in [-0.05, 0) is 31.6 Å². The van der Waals surface area contributed by atoms with Gasteiger partial charge in [-0.15, -0.1) is 11.3 Å². The van der Waals surface area contributed by atoms with Gasteiger partial charge >= 0.3 is 6.03 Å². The Morgan fingerprint density at radius 3 is 2.55 bits per heavy atom. The third kappa shape index (κ3) is 3.51. The first-order chi connectivity index (χ1) is 9.84. The van der Waals surface area contributed by atoms with Crippen LogP contribution >= 0.6 is 11.3 Å². The molecule has 1 N–H and O–H groups in total. The first kappa shape index (κ1) is 13.9. The highest BCUT2D eigenvalue weighted by Crippen LogP contribution is 2.41. The fourth-order valence-electron chi connectivity index (χ4n) is 2.87. The van der Waals surface area contributed by atoms with Crippen LogP contribution in [0.25, 0.3) is 0 Å². The Bertz CT molecular complexity index is 422. The van der Waals surface area contributed by atoms with E-state index in [0.29, 0.717) is 5.92 Å². The Morgan fingerprint density at radius 2 is 1.95 bits per heavy atom. The minimum Gasteiger partial charge on any atom is -0.328 e. The van der Waals surface area contributed by atoms with E-state index in [1.807, 2.05) is 16.5 Å². The number of likely N-dealkylation sites (tertiary alicyclic amines) is 1. The van der Waals surface area contributed by atoms with Crippen molar-refractivity contribution in [3.05, 3.63) is 16.6 Å². The molecule has 1 saturated carbocycles. The zero-order valence-electron chi connectivity index (χ0n) is 11.9. The summed E-state index contributed by atoms with van der Waals surface area (Å²) in [5, 5.41) is 6.29. The summed E-state index contributed by atoms with van der Waals surface area (Å²) in [5.41, 5.74) is 0. The second-order valence-corrected chi connectivity index (χ2v) is 6.82. The lowest BCUT2D eigenvalue weighted by Gasteiger charge is -2.27. The van der Waals surface area contributed by atoms with Crippen LogP contribution < -0.4 is 5.32 Å². The number of carbonyl (C=O) groups excluding carboxylic acids is 1. The summed E-state index contributed by atoms with van der Waals surface area (Å²) in [6, 6.07) is 0.243. The van der Waals surface area contributed by atoms with Gasteiger partial charge in [0.15, 0.2) is 0 Å². The fraction of sp³-hybridized carbons (Fsp3) is 0.733. The highest BCUT2D eigenvalue weighted by molar-refractivity contribution is 7.09. The Hall–Kier alpha value is -1.10. The van der Waals surface area contributed by atoms with Gasteiger partial charge in [-0.25, -0.2) is 9.78 Å². The Balaban J connectivity index is 1.60. The van der Waals surface area contributed by atoms with Crippen LogP contribution in [0.3, 0.4) is 0 Å². The molecule has 1 aliphatic heterocycles. The van der Waals surface area contributed by atoms with Gasteiger partial charge in [0, 0.05) is 24.7 Å². The monoisotopic (exact) mass is 293 g/mol. The molecule has 1 saturated heterocycles. The zero-order chi connectivity index (χ0) is 13.8. The van der Waals surface area contributed by atoms with E-state index in [0.717, 1.165) is 30.9 Å². The predicted octanol–water partition coefficient (Wildman–Crippen LogP) is 3.57. The van der Waals surface area contributed by atoms with Crippen LogP contribution in [0.4, 0.5) is 4.79 Å². The molecule has 2 heterocycles. The fourth-order valence-corrected chi connectivity index (χ4v) is 3.65. The van der Waals surface area contributed by atoms with Crippen LogP contribution in [0.5, 0.6) is 0 Å². The first-order valence-corrected chi connectivity index (χ1v) is 8.67. The molecular weight excluding hydrogens is 270 g/mol. The molecule has 110 valence electrons. The molecule has 3 rings (SSSR count). The van der Waals surface area contributed by atoms with E-state index in [-0.39, 0.29) is 12.1 Å². The molecule has 1 atom stereocenters. The maximum Gasteiger partial charge on any atom is 0.317 e. The standard InChI is InChI=1S/C15H23N3OS/c19-15(18-9-4-2-1-3-5-10-18)17-13(12-6-7-12)14-16-8-11-20-14/h8,11-13H,1-7,9-10H2,(H,17,19). The van der Waals surface area contributed by atoms with Crippen molar-refractivity contribution in [2.24, 2.45) is 5.92 Å². The number of thiazole rings is 1. The third-order valence-corrected chi connectivity index (χ3v) is 5.09. The van der Waals surface area contributed by atoms with Crippen molar-refractivity contribution in [1.29, 1.82) is 0 Å². The van der Waals surface area contributed by atoms with Crippen molar-refractivity contribution in [2.45, 2.75) is 51.0 Å². The molecule has 4 nitrogen and oxygen atoms in total. The molecule has 0 bridgehead atoms. The maximum absolute atomic E-state index is 12.5. The molecule has 1 aromatic rings. The van der Waals surface area contributed by atoms with E-state index in [1.165, 1.54) is 32.1 Å². The number of hydrogen-bond donors (Lipinski definition) is 1. The van der Waals surface area contributed by atoms with Gasteiger partial charge in [0.1, 0.15) is 5.01 Å². The van der Waals surface area contributed by atoms with Crippen molar-refractivity contribution >= 4 is 17.4 Å². The number of hydrogen-bond acceptors (Lipinski definition) is 3. The van der Waals surface area contributed by atoms with Gasteiger partial charge in [0.25, 0.3) is 0 Å². The summed E-state index contributed by atoms with van der Waals surface area (Å²) in [6.45, 7) is 1.81. The van der Waals surface area contributed by atoms with E-state index in [4.69, 9.17) is 0 Å². The minimum atomic E-state index is 0.110. The highest BCUT2D eigenvalue weighted by Gasteiger charge is 2.35. The first-order valence-electron chi connectivity index (χ1n) is 7.79. The number of amides is 2. The average Bonchev–Trinajstić information content (AvgIpc) is 3.10. The van der Waals surface area contributed by atoms with E-state index < -0.39 is 0 Å². The zero-order valence-corrected chi connectivity index (χ0v) is 12.7. The van der Waals surface area contributed by atoms with E-state index in [2.05, 4.69) is 10.3 Å². The number of nitrogens with one attached hydrogen (secondary N) is 1. The predicted molar refractivity (Wildman–Crippen MR) is 80.8 cm³/mol.